The number of carboxylic acids is 1. The number of hydrogen-bond donors (Lipinski definition) is 1. The largest absolute Gasteiger partial charge is 0.481 e. The van der Waals surface area contributed by atoms with Crippen LogP contribution >= 0.6 is 0 Å². The molecule has 18 heavy (non-hydrogen) atoms. The van der Waals surface area contributed by atoms with E-state index in [2.05, 4.69) is 4.90 Å². The lowest BCUT2D eigenvalue weighted by atomic mass is 9.97. The van der Waals surface area contributed by atoms with Crippen molar-refractivity contribution in [3.63, 3.8) is 0 Å². The standard InChI is InChI=1S/C12H21N3O3/c1-13(2)10-3-4-14(8-10)12(18)15-6-9(7-15)5-11(16)17/h9-10H,3-8H2,1-2H3,(H,16,17). The molecule has 2 fully saturated rings. The molecule has 0 radical (unpaired) electrons. The molecule has 1 unspecified atom stereocenters. The van der Waals surface area contributed by atoms with Crippen molar-refractivity contribution >= 4 is 12.0 Å². The Labute approximate surface area is 107 Å². The van der Waals surface area contributed by atoms with Gasteiger partial charge in [-0.25, -0.2) is 4.79 Å². The summed E-state index contributed by atoms with van der Waals surface area (Å²) in [6.45, 7) is 2.77. The van der Waals surface area contributed by atoms with E-state index in [1.165, 1.54) is 0 Å². The van der Waals surface area contributed by atoms with Crippen LogP contribution < -0.4 is 0 Å². The highest BCUT2D eigenvalue weighted by atomic mass is 16.4. The van der Waals surface area contributed by atoms with E-state index in [0.29, 0.717) is 19.1 Å². The first kappa shape index (κ1) is 13.1. The van der Waals surface area contributed by atoms with Crippen molar-refractivity contribution in [3.05, 3.63) is 0 Å². The van der Waals surface area contributed by atoms with Crippen molar-refractivity contribution in [1.29, 1.82) is 0 Å². The van der Waals surface area contributed by atoms with Gasteiger partial charge >= 0.3 is 12.0 Å². The van der Waals surface area contributed by atoms with Crippen LogP contribution in [0.5, 0.6) is 0 Å². The second kappa shape index (κ2) is 5.14. The minimum atomic E-state index is -0.777. The van der Waals surface area contributed by atoms with E-state index in [4.69, 9.17) is 5.11 Å². The van der Waals surface area contributed by atoms with Gasteiger partial charge in [0, 0.05) is 38.1 Å². The number of likely N-dealkylation sites (N-methyl/N-ethyl adjacent to an activating group) is 1. The molecule has 2 aliphatic heterocycles. The molecule has 6 heteroatoms. The molecule has 0 aromatic rings. The number of aliphatic carboxylic acids is 1. The fourth-order valence-corrected chi connectivity index (χ4v) is 2.64. The van der Waals surface area contributed by atoms with Gasteiger partial charge in [0.05, 0.1) is 6.42 Å². The van der Waals surface area contributed by atoms with E-state index in [1.54, 1.807) is 4.90 Å². The van der Waals surface area contributed by atoms with Crippen LogP contribution in [-0.4, -0.2) is 78.1 Å². The van der Waals surface area contributed by atoms with Crippen LogP contribution in [0.2, 0.25) is 0 Å². The van der Waals surface area contributed by atoms with Gasteiger partial charge < -0.3 is 19.8 Å². The number of carbonyl (C=O) groups is 2. The number of amides is 2. The normalized spacial score (nSPS) is 24.5. The lowest BCUT2D eigenvalue weighted by molar-refractivity contribution is -0.139. The Morgan fingerprint density at radius 3 is 2.39 bits per heavy atom. The SMILES string of the molecule is CN(C)C1CCN(C(=O)N2CC(CC(=O)O)C2)C1. The molecule has 6 nitrogen and oxygen atoms in total. The molecule has 2 rings (SSSR count). The van der Waals surface area contributed by atoms with Gasteiger partial charge in [-0.2, -0.15) is 0 Å². The Morgan fingerprint density at radius 2 is 1.89 bits per heavy atom. The summed E-state index contributed by atoms with van der Waals surface area (Å²) in [6.07, 6.45) is 1.19. The number of rotatable bonds is 3. The van der Waals surface area contributed by atoms with Gasteiger partial charge in [-0.15, -0.1) is 0 Å². The maximum absolute atomic E-state index is 12.1. The molecule has 0 spiro atoms. The predicted octanol–water partition coefficient (Wildman–Crippen LogP) is 0.149. The first-order chi connectivity index (χ1) is 8.47. The first-order valence-electron chi connectivity index (χ1n) is 6.39. The molecular formula is C12H21N3O3. The Balaban J connectivity index is 1.76. The molecule has 2 heterocycles. The molecule has 2 amide bonds. The fraction of sp³-hybridized carbons (Fsp3) is 0.833. The van der Waals surface area contributed by atoms with Gasteiger partial charge in [-0.05, 0) is 20.5 Å². The Morgan fingerprint density at radius 1 is 1.22 bits per heavy atom. The third-order valence-electron chi connectivity index (χ3n) is 3.86. The molecule has 102 valence electrons. The molecule has 0 aliphatic carbocycles. The van der Waals surface area contributed by atoms with Crippen LogP contribution in [0, 0.1) is 5.92 Å². The molecule has 2 saturated heterocycles. The number of carbonyl (C=O) groups excluding carboxylic acids is 1. The van der Waals surface area contributed by atoms with E-state index in [9.17, 15) is 9.59 Å². The summed E-state index contributed by atoms with van der Waals surface area (Å²) in [4.78, 5) is 28.4. The molecular weight excluding hydrogens is 234 g/mol. The van der Waals surface area contributed by atoms with Crippen molar-refractivity contribution in [2.24, 2.45) is 5.92 Å². The number of nitrogens with zero attached hydrogens (tertiary/aromatic N) is 3. The first-order valence-corrected chi connectivity index (χ1v) is 6.39. The van der Waals surface area contributed by atoms with E-state index in [1.807, 2.05) is 19.0 Å². The molecule has 1 N–H and O–H groups in total. The summed E-state index contributed by atoms with van der Waals surface area (Å²) in [5.74, 6) is -0.639. The molecule has 2 aliphatic rings. The number of urea groups is 1. The summed E-state index contributed by atoms with van der Waals surface area (Å²) in [7, 11) is 4.07. The van der Waals surface area contributed by atoms with E-state index >= 15 is 0 Å². The van der Waals surface area contributed by atoms with E-state index in [-0.39, 0.29) is 18.4 Å². The monoisotopic (exact) mass is 255 g/mol. The average Bonchev–Trinajstić information content (AvgIpc) is 2.70. The Kier molecular flexibility index (Phi) is 3.75. The molecule has 0 aromatic carbocycles. The molecule has 0 bridgehead atoms. The highest BCUT2D eigenvalue weighted by Crippen LogP contribution is 2.23. The summed E-state index contributed by atoms with van der Waals surface area (Å²) in [5, 5.41) is 8.66. The van der Waals surface area contributed by atoms with Crippen LogP contribution in [-0.2, 0) is 4.79 Å². The zero-order chi connectivity index (χ0) is 13.3. The molecule has 0 saturated carbocycles. The van der Waals surface area contributed by atoms with Crippen LogP contribution in [0.1, 0.15) is 12.8 Å². The summed E-state index contributed by atoms with van der Waals surface area (Å²) < 4.78 is 0. The van der Waals surface area contributed by atoms with Crippen molar-refractivity contribution < 1.29 is 14.7 Å². The van der Waals surface area contributed by atoms with Crippen molar-refractivity contribution in [2.45, 2.75) is 18.9 Å². The van der Waals surface area contributed by atoms with Crippen LogP contribution in [0.3, 0.4) is 0 Å². The van der Waals surface area contributed by atoms with Gasteiger partial charge in [-0.1, -0.05) is 0 Å². The molecule has 0 aromatic heterocycles. The predicted molar refractivity (Wildman–Crippen MR) is 66.4 cm³/mol. The van der Waals surface area contributed by atoms with Gasteiger partial charge in [0.2, 0.25) is 0 Å². The number of likely N-dealkylation sites (tertiary alicyclic amines) is 2. The van der Waals surface area contributed by atoms with Crippen molar-refractivity contribution in [2.75, 3.05) is 40.3 Å². The fourth-order valence-electron chi connectivity index (χ4n) is 2.64. The lowest BCUT2D eigenvalue weighted by Crippen LogP contribution is -2.55. The highest BCUT2D eigenvalue weighted by Gasteiger charge is 2.37. The van der Waals surface area contributed by atoms with E-state index < -0.39 is 5.97 Å². The minimum absolute atomic E-state index is 0.0704. The van der Waals surface area contributed by atoms with Gasteiger partial charge in [-0.3, -0.25) is 4.79 Å². The summed E-state index contributed by atoms with van der Waals surface area (Å²) in [6, 6.07) is 0.519. The van der Waals surface area contributed by atoms with Crippen LogP contribution in [0.15, 0.2) is 0 Å². The third kappa shape index (κ3) is 2.75. The second-order valence-electron chi connectivity index (χ2n) is 5.50. The van der Waals surface area contributed by atoms with Crippen molar-refractivity contribution in [3.8, 4) is 0 Å². The third-order valence-corrected chi connectivity index (χ3v) is 3.86. The number of hydrogen-bond acceptors (Lipinski definition) is 3. The van der Waals surface area contributed by atoms with Crippen LogP contribution in [0.4, 0.5) is 4.79 Å². The van der Waals surface area contributed by atoms with Gasteiger partial charge in [0.15, 0.2) is 0 Å². The second-order valence-corrected chi connectivity index (χ2v) is 5.50. The zero-order valence-electron chi connectivity index (χ0n) is 11.0. The van der Waals surface area contributed by atoms with Gasteiger partial charge in [0.25, 0.3) is 0 Å². The lowest BCUT2D eigenvalue weighted by Gasteiger charge is -2.40. The average molecular weight is 255 g/mol. The van der Waals surface area contributed by atoms with Crippen molar-refractivity contribution in [1.82, 2.24) is 14.7 Å². The smallest absolute Gasteiger partial charge is 0.320 e. The minimum Gasteiger partial charge on any atom is -0.481 e. The van der Waals surface area contributed by atoms with Crippen LogP contribution in [0.25, 0.3) is 0 Å². The topological polar surface area (TPSA) is 64.1 Å². The molecule has 1 atom stereocenters. The highest BCUT2D eigenvalue weighted by molar-refractivity contribution is 5.76. The summed E-state index contributed by atoms with van der Waals surface area (Å²) >= 11 is 0. The Bertz CT molecular complexity index is 339. The maximum Gasteiger partial charge on any atom is 0.320 e. The Hall–Kier alpha value is -1.30. The quantitative estimate of drug-likeness (QED) is 0.779. The zero-order valence-corrected chi connectivity index (χ0v) is 11.0. The maximum atomic E-state index is 12.1. The summed E-state index contributed by atoms with van der Waals surface area (Å²) in [5.41, 5.74) is 0. The van der Waals surface area contributed by atoms with Gasteiger partial charge in [0.1, 0.15) is 0 Å². The number of carboxylic acid groups (broad SMARTS) is 1. The van der Waals surface area contributed by atoms with E-state index in [0.717, 1.165) is 19.5 Å².